The number of rotatable bonds is 7. The van der Waals surface area contributed by atoms with Crippen LogP contribution in [0.3, 0.4) is 0 Å². The molecule has 0 aromatic heterocycles. The summed E-state index contributed by atoms with van der Waals surface area (Å²) >= 11 is 0. The lowest BCUT2D eigenvalue weighted by molar-refractivity contribution is -0.176. The predicted molar refractivity (Wildman–Crippen MR) is 119 cm³/mol. The fraction of sp³-hybridized carbons (Fsp3) is 0.783. The first-order valence-corrected chi connectivity index (χ1v) is 11.7. The van der Waals surface area contributed by atoms with Gasteiger partial charge >= 0.3 is 12.1 Å². The van der Waals surface area contributed by atoms with Crippen molar-refractivity contribution in [1.82, 2.24) is 20.9 Å². The van der Waals surface area contributed by atoms with Crippen molar-refractivity contribution >= 4 is 23.6 Å². The van der Waals surface area contributed by atoms with Gasteiger partial charge in [-0.25, -0.2) is 0 Å². The van der Waals surface area contributed by atoms with E-state index in [0.29, 0.717) is 13.0 Å². The van der Waals surface area contributed by atoms with Crippen molar-refractivity contribution in [2.45, 2.75) is 78.2 Å². The third-order valence-corrected chi connectivity index (χ3v) is 6.66. The number of nitrogens with zero attached hydrogens (tertiary/aromatic N) is 2. The van der Waals surface area contributed by atoms with Crippen LogP contribution in [-0.2, 0) is 19.2 Å². The number of nitrogens with one attached hydrogen (secondary N) is 3. The quantitative estimate of drug-likeness (QED) is 0.486. The van der Waals surface area contributed by atoms with E-state index in [-0.39, 0.29) is 37.1 Å². The van der Waals surface area contributed by atoms with E-state index in [1.165, 1.54) is 25.7 Å². The van der Waals surface area contributed by atoms with Crippen molar-refractivity contribution in [3.05, 3.63) is 0 Å². The molecular formula is C23H34F3N5O4. The van der Waals surface area contributed by atoms with Crippen LogP contribution in [0.15, 0.2) is 0 Å². The summed E-state index contributed by atoms with van der Waals surface area (Å²) in [6.07, 6.45) is -4.24. The van der Waals surface area contributed by atoms with Gasteiger partial charge in [0.25, 0.3) is 0 Å². The molecule has 2 aliphatic rings. The molecule has 2 saturated heterocycles. The first-order chi connectivity index (χ1) is 16.1. The molecule has 0 aliphatic carbocycles. The number of alkyl halides is 3. The van der Waals surface area contributed by atoms with E-state index in [1.54, 1.807) is 5.32 Å². The maximum absolute atomic E-state index is 13.5. The van der Waals surface area contributed by atoms with Crippen molar-refractivity contribution in [1.29, 1.82) is 5.26 Å². The fourth-order valence-corrected chi connectivity index (χ4v) is 4.44. The Hall–Kier alpha value is -2.84. The molecule has 9 nitrogen and oxygen atoms in total. The highest BCUT2D eigenvalue weighted by Crippen LogP contribution is 2.32. The highest BCUT2D eigenvalue weighted by Gasteiger charge is 2.48. The summed E-state index contributed by atoms with van der Waals surface area (Å²) in [7, 11) is 0. The van der Waals surface area contributed by atoms with Crippen LogP contribution in [0.25, 0.3) is 0 Å². The Morgan fingerprint density at radius 1 is 1.20 bits per heavy atom. The van der Waals surface area contributed by atoms with Crippen LogP contribution in [0.2, 0.25) is 0 Å². The molecule has 35 heavy (non-hydrogen) atoms. The molecule has 0 radical (unpaired) electrons. The van der Waals surface area contributed by atoms with Gasteiger partial charge in [0.05, 0.1) is 6.07 Å². The summed E-state index contributed by atoms with van der Waals surface area (Å²) in [5, 5.41) is 16.6. The average molecular weight is 502 g/mol. The summed E-state index contributed by atoms with van der Waals surface area (Å²) in [6.45, 7) is 9.02. The number of carbonyl (C=O) groups is 4. The zero-order valence-corrected chi connectivity index (χ0v) is 20.7. The van der Waals surface area contributed by atoms with Crippen LogP contribution >= 0.6 is 0 Å². The van der Waals surface area contributed by atoms with Crippen molar-refractivity contribution in [2.75, 3.05) is 13.1 Å². The smallest absolute Gasteiger partial charge is 0.356 e. The standard InChI is InChI=1S/C23H34F3N5O4/c1-12(2)14-9-16(19(33)29-15(10-27)8-13-6-7-28-18(13)32)31(11-14)20(34)17(22(3,4)5)30-21(35)23(24,25)26/h12-17H,6-9,11H2,1-5H3,(H,28,32)(H,29,33)(H,30,35)/t13?,14-,15-,16-,17?/m0/s1. The van der Waals surface area contributed by atoms with Crippen LogP contribution in [-0.4, -0.2) is 65.9 Å². The van der Waals surface area contributed by atoms with E-state index in [2.05, 4.69) is 10.6 Å². The highest BCUT2D eigenvalue weighted by atomic mass is 19.4. The van der Waals surface area contributed by atoms with Gasteiger partial charge in [0, 0.05) is 19.0 Å². The molecule has 2 unspecified atom stereocenters. The van der Waals surface area contributed by atoms with Gasteiger partial charge in [-0.1, -0.05) is 34.6 Å². The third kappa shape index (κ3) is 7.08. The molecule has 12 heteroatoms. The largest absolute Gasteiger partial charge is 0.471 e. The minimum atomic E-state index is -5.17. The van der Waals surface area contributed by atoms with Crippen LogP contribution in [0.5, 0.6) is 0 Å². The van der Waals surface area contributed by atoms with Crippen molar-refractivity contribution in [2.24, 2.45) is 23.2 Å². The normalized spacial score (nSPS) is 24.5. The van der Waals surface area contributed by atoms with Gasteiger partial charge in [0.15, 0.2) is 0 Å². The van der Waals surface area contributed by atoms with E-state index < -0.39 is 53.4 Å². The number of hydrogen-bond acceptors (Lipinski definition) is 5. The van der Waals surface area contributed by atoms with Gasteiger partial charge in [-0.2, -0.15) is 18.4 Å². The lowest BCUT2D eigenvalue weighted by Crippen LogP contribution is -2.59. The molecule has 0 spiro atoms. The molecule has 0 aromatic carbocycles. The van der Waals surface area contributed by atoms with Crippen molar-refractivity contribution in [3.8, 4) is 6.07 Å². The Morgan fingerprint density at radius 2 is 1.83 bits per heavy atom. The molecule has 2 heterocycles. The summed E-state index contributed by atoms with van der Waals surface area (Å²) in [4.78, 5) is 51.4. The molecule has 196 valence electrons. The minimum absolute atomic E-state index is 0.0786. The molecule has 5 atom stereocenters. The molecule has 0 bridgehead atoms. The molecule has 2 rings (SSSR count). The number of hydrogen-bond donors (Lipinski definition) is 3. The Bertz CT molecular complexity index is 878. The maximum Gasteiger partial charge on any atom is 0.471 e. The molecule has 0 aromatic rings. The lowest BCUT2D eigenvalue weighted by atomic mass is 9.85. The number of nitriles is 1. The van der Waals surface area contributed by atoms with Gasteiger partial charge in [-0.05, 0) is 36.5 Å². The fourth-order valence-electron chi connectivity index (χ4n) is 4.44. The second kappa shape index (κ2) is 10.8. The SMILES string of the molecule is CC(C)[C@H]1C[C@@H](C(=O)N[C@H](C#N)CC2CCNC2=O)N(C(=O)C(NC(=O)C(F)(F)F)C(C)(C)C)C1. The van der Waals surface area contributed by atoms with Crippen molar-refractivity contribution in [3.63, 3.8) is 0 Å². The Kier molecular flexibility index (Phi) is 8.79. The van der Waals surface area contributed by atoms with Crippen LogP contribution < -0.4 is 16.0 Å². The topological polar surface area (TPSA) is 131 Å². The highest BCUT2D eigenvalue weighted by molar-refractivity contribution is 5.94. The van der Waals surface area contributed by atoms with Crippen molar-refractivity contribution < 1.29 is 32.3 Å². The number of halogens is 3. The predicted octanol–water partition coefficient (Wildman–Crippen LogP) is 1.49. The van der Waals surface area contributed by atoms with Gasteiger partial charge in [0.1, 0.15) is 18.1 Å². The first-order valence-electron chi connectivity index (χ1n) is 11.7. The third-order valence-electron chi connectivity index (χ3n) is 6.66. The van der Waals surface area contributed by atoms with E-state index in [0.717, 1.165) is 0 Å². The molecule has 2 fully saturated rings. The van der Waals surface area contributed by atoms with Gasteiger partial charge in [-0.3, -0.25) is 19.2 Å². The first kappa shape index (κ1) is 28.4. The maximum atomic E-state index is 13.5. The Morgan fingerprint density at radius 3 is 2.29 bits per heavy atom. The Balaban J connectivity index is 2.25. The summed E-state index contributed by atoms with van der Waals surface area (Å²) in [5.41, 5.74) is -1.07. The number of carbonyl (C=O) groups excluding carboxylic acids is 4. The Labute approximate surface area is 203 Å². The second-order valence-corrected chi connectivity index (χ2v) is 10.7. The van der Waals surface area contributed by atoms with E-state index in [4.69, 9.17) is 0 Å². The van der Waals surface area contributed by atoms with Crippen LogP contribution in [0.1, 0.15) is 53.9 Å². The van der Waals surface area contributed by atoms with Crippen LogP contribution in [0, 0.1) is 34.5 Å². The van der Waals surface area contributed by atoms with Gasteiger partial charge < -0.3 is 20.9 Å². The van der Waals surface area contributed by atoms with E-state index in [9.17, 15) is 37.6 Å². The monoisotopic (exact) mass is 501 g/mol. The molecule has 3 N–H and O–H groups in total. The van der Waals surface area contributed by atoms with Gasteiger partial charge in [-0.15, -0.1) is 0 Å². The number of amides is 4. The number of likely N-dealkylation sites (tertiary alicyclic amines) is 1. The molecule has 2 aliphatic heterocycles. The van der Waals surface area contributed by atoms with E-state index >= 15 is 0 Å². The molecule has 0 saturated carbocycles. The van der Waals surface area contributed by atoms with Gasteiger partial charge in [0.2, 0.25) is 17.7 Å². The summed E-state index contributed by atoms with van der Waals surface area (Å²) in [5.74, 6) is -4.25. The summed E-state index contributed by atoms with van der Waals surface area (Å²) in [6, 6.07) is -1.53. The van der Waals surface area contributed by atoms with Crippen LogP contribution in [0.4, 0.5) is 13.2 Å². The second-order valence-electron chi connectivity index (χ2n) is 10.7. The van der Waals surface area contributed by atoms with E-state index in [1.807, 2.05) is 19.9 Å². The lowest BCUT2D eigenvalue weighted by Gasteiger charge is -2.35. The summed E-state index contributed by atoms with van der Waals surface area (Å²) < 4.78 is 38.8. The zero-order chi connectivity index (χ0) is 26.7. The zero-order valence-electron chi connectivity index (χ0n) is 20.7. The molecular weight excluding hydrogens is 467 g/mol. The molecule has 4 amide bonds. The average Bonchev–Trinajstić information content (AvgIpc) is 3.36. The minimum Gasteiger partial charge on any atom is -0.356 e.